The maximum absolute atomic E-state index is 5.39. The van der Waals surface area contributed by atoms with Gasteiger partial charge in [0, 0.05) is 35.3 Å². The lowest BCUT2D eigenvalue weighted by Gasteiger charge is -2.08. The molecule has 0 unspecified atom stereocenters. The second-order valence-corrected chi connectivity index (χ2v) is 6.69. The average molecular weight is 355 g/mol. The normalized spacial score (nSPS) is 10.5. The van der Waals surface area contributed by atoms with Crippen LogP contribution in [0.25, 0.3) is 11.3 Å². The van der Waals surface area contributed by atoms with Crippen molar-refractivity contribution in [1.82, 2.24) is 9.97 Å². The van der Waals surface area contributed by atoms with Gasteiger partial charge in [0.1, 0.15) is 0 Å². The molecule has 25 heavy (non-hydrogen) atoms. The molecule has 0 bridgehead atoms. The number of aryl methyl sites for hydroxylation is 1. The Kier molecular flexibility index (Phi) is 5.50. The number of hydrogen-bond donors (Lipinski definition) is 1. The van der Waals surface area contributed by atoms with Gasteiger partial charge in [-0.25, -0.2) is 4.98 Å². The van der Waals surface area contributed by atoms with E-state index in [-0.39, 0.29) is 0 Å². The molecule has 0 aliphatic heterocycles. The van der Waals surface area contributed by atoms with E-state index in [0.29, 0.717) is 11.5 Å². The Labute approximate surface area is 151 Å². The number of nitrogens with zero attached hydrogens (tertiary/aromatic N) is 2. The van der Waals surface area contributed by atoms with Crippen LogP contribution in [0.5, 0.6) is 11.5 Å². The minimum absolute atomic E-state index is 0.706. The first-order valence-electron chi connectivity index (χ1n) is 8.05. The molecule has 0 amide bonds. The zero-order valence-electron chi connectivity index (χ0n) is 14.6. The van der Waals surface area contributed by atoms with E-state index in [4.69, 9.17) is 14.5 Å². The smallest absolute Gasteiger partial charge is 0.183 e. The molecule has 1 N–H and O–H groups in total. The lowest BCUT2D eigenvalue weighted by Crippen LogP contribution is -2.05. The lowest BCUT2D eigenvalue weighted by atomic mass is 10.1. The fourth-order valence-corrected chi connectivity index (χ4v) is 3.43. The Hall–Kier alpha value is -2.60. The molecule has 1 aromatic carbocycles. The number of benzene rings is 1. The highest BCUT2D eigenvalue weighted by atomic mass is 32.1. The van der Waals surface area contributed by atoms with E-state index in [0.717, 1.165) is 39.9 Å². The summed E-state index contributed by atoms with van der Waals surface area (Å²) in [5.74, 6) is 1.42. The van der Waals surface area contributed by atoms with Crippen LogP contribution in [0.1, 0.15) is 10.6 Å². The van der Waals surface area contributed by atoms with Crippen LogP contribution in [0, 0.1) is 6.92 Å². The van der Waals surface area contributed by atoms with Crippen LogP contribution in [-0.4, -0.2) is 30.7 Å². The summed E-state index contributed by atoms with van der Waals surface area (Å²) in [6, 6.07) is 11.8. The summed E-state index contributed by atoms with van der Waals surface area (Å²) in [4.78, 5) is 10.2. The molecule has 0 spiro atoms. The van der Waals surface area contributed by atoms with E-state index in [2.05, 4.69) is 17.2 Å². The predicted molar refractivity (Wildman–Crippen MR) is 102 cm³/mol. The molecule has 3 rings (SSSR count). The molecule has 0 saturated heterocycles. The van der Waals surface area contributed by atoms with Gasteiger partial charge in [-0.1, -0.05) is 6.07 Å². The molecule has 0 radical (unpaired) electrons. The van der Waals surface area contributed by atoms with Crippen molar-refractivity contribution in [3.8, 4) is 22.8 Å². The minimum Gasteiger partial charge on any atom is -0.493 e. The third-order valence-electron chi connectivity index (χ3n) is 3.84. The molecular weight excluding hydrogens is 334 g/mol. The van der Waals surface area contributed by atoms with Crippen molar-refractivity contribution in [3.05, 3.63) is 53.2 Å². The monoisotopic (exact) mass is 355 g/mol. The quantitative estimate of drug-likeness (QED) is 0.689. The summed E-state index contributed by atoms with van der Waals surface area (Å²) in [5, 5.41) is 4.30. The summed E-state index contributed by atoms with van der Waals surface area (Å²) in [6.45, 7) is 2.88. The van der Waals surface area contributed by atoms with E-state index in [1.165, 1.54) is 0 Å². The highest BCUT2D eigenvalue weighted by molar-refractivity contribution is 7.16. The number of ether oxygens (including phenoxy) is 2. The summed E-state index contributed by atoms with van der Waals surface area (Å²) in [5.41, 5.74) is 3.05. The second-order valence-electron chi connectivity index (χ2n) is 5.49. The Morgan fingerprint density at radius 2 is 1.92 bits per heavy atom. The molecule has 2 aromatic heterocycles. The van der Waals surface area contributed by atoms with Crippen molar-refractivity contribution in [3.63, 3.8) is 0 Å². The molecule has 2 heterocycles. The highest BCUT2D eigenvalue weighted by Crippen LogP contribution is 2.35. The van der Waals surface area contributed by atoms with Gasteiger partial charge in [0.25, 0.3) is 0 Å². The van der Waals surface area contributed by atoms with E-state index in [1.807, 2.05) is 42.6 Å². The molecule has 130 valence electrons. The topological polar surface area (TPSA) is 56.3 Å². The van der Waals surface area contributed by atoms with Crippen molar-refractivity contribution in [2.75, 3.05) is 26.1 Å². The lowest BCUT2D eigenvalue weighted by molar-refractivity contribution is 0.355. The van der Waals surface area contributed by atoms with Gasteiger partial charge in [-0.2, -0.15) is 0 Å². The van der Waals surface area contributed by atoms with Gasteiger partial charge in [0.05, 0.1) is 19.9 Å². The van der Waals surface area contributed by atoms with E-state index in [9.17, 15) is 0 Å². The summed E-state index contributed by atoms with van der Waals surface area (Å²) in [6.07, 6.45) is 2.68. The number of rotatable bonds is 7. The van der Waals surface area contributed by atoms with Crippen molar-refractivity contribution in [2.24, 2.45) is 0 Å². The van der Waals surface area contributed by atoms with Crippen LogP contribution in [0.2, 0.25) is 0 Å². The standard InChI is InChI=1S/C19H21N3O2S/c1-13-18(14-7-8-16(23-2)17(12-14)24-3)22-19(25-13)21-11-9-15-6-4-5-10-20-15/h4-8,10,12H,9,11H2,1-3H3,(H,21,22). The zero-order chi connectivity index (χ0) is 17.6. The van der Waals surface area contributed by atoms with Crippen LogP contribution in [0.3, 0.4) is 0 Å². The Morgan fingerprint density at radius 3 is 2.64 bits per heavy atom. The number of aromatic nitrogens is 2. The van der Waals surface area contributed by atoms with Crippen LogP contribution >= 0.6 is 11.3 Å². The van der Waals surface area contributed by atoms with Gasteiger partial charge >= 0.3 is 0 Å². The zero-order valence-corrected chi connectivity index (χ0v) is 15.4. The summed E-state index contributed by atoms with van der Waals surface area (Å²) in [7, 11) is 3.27. The minimum atomic E-state index is 0.706. The maximum Gasteiger partial charge on any atom is 0.183 e. The summed E-state index contributed by atoms with van der Waals surface area (Å²) < 4.78 is 10.7. The number of thiazole rings is 1. The highest BCUT2D eigenvalue weighted by Gasteiger charge is 2.12. The average Bonchev–Trinajstić information content (AvgIpc) is 3.02. The maximum atomic E-state index is 5.39. The SMILES string of the molecule is COc1ccc(-c2nc(NCCc3ccccn3)sc2C)cc1OC. The van der Waals surface area contributed by atoms with Crippen LogP contribution in [0.15, 0.2) is 42.6 Å². The molecule has 5 nitrogen and oxygen atoms in total. The molecule has 0 saturated carbocycles. The molecular formula is C19H21N3O2S. The molecule has 0 aliphatic carbocycles. The first kappa shape index (κ1) is 17.2. The molecule has 0 aliphatic rings. The fourth-order valence-electron chi connectivity index (χ4n) is 2.57. The third-order valence-corrected chi connectivity index (χ3v) is 4.77. The summed E-state index contributed by atoms with van der Waals surface area (Å²) >= 11 is 1.65. The number of nitrogens with one attached hydrogen (secondary N) is 1. The number of anilines is 1. The third kappa shape index (κ3) is 4.09. The van der Waals surface area contributed by atoms with E-state index < -0.39 is 0 Å². The Bertz CT molecular complexity index is 834. The van der Waals surface area contributed by atoms with E-state index >= 15 is 0 Å². The van der Waals surface area contributed by atoms with Crippen molar-refractivity contribution < 1.29 is 9.47 Å². The molecule has 0 fully saturated rings. The molecule has 3 aromatic rings. The van der Waals surface area contributed by atoms with Crippen LogP contribution in [-0.2, 0) is 6.42 Å². The number of pyridine rings is 1. The molecule has 6 heteroatoms. The first-order valence-corrected chi connectivity index (χ1v) is 8.86. The van der Waals surface area contributed by atoms with Crippen molar-refractivity contribution >= 4 is 16.5 Å². The van der Waals surface area contributed by atoms with Gasteiger partial charge in [0.15, 0.2) is 16.6 Å². The van der Waals surface area contributed by atoms with Gasteiger partial charge in [-0.05, 0) is 37.3 Å². The number of hydrogen-bond acceptors (Lipinski definition) is 6. The van der Waals surface area contributed by atoms with E-state index in [1.54, 1.807) is 25.6 Å². The van der Waals surface area contributed by atoms with Crippen molar-refractivity contribution in [1.29, 1.82) is 0 Å². The van der Waals surface area contributed by atoms with Crippen molar-refractivity contribution in [2.45, 2.75) is 13.3 Å². The predicted octanol–water partition coefficient (Wildman–Crippen LogP) is 4.19. The van der Waals surface area contributed by atoms with Gasteiger partial charge in [-0.3, -0.25) is 4.98 Å². The van der Waals surface area contributed by atoms with Crippen LogP contribution in [0.4, 0.5) is 5.13 Å². The first-order chi connectivity index (χ1) is 12.2. The Morgan fingerprint density at radius 1 is 1.08 bits per heavy atom. The van der Waals surface area contributed by atoms with Gasteiger partial charge in [-0.15, -0.1) is 11.3 Å². The Balaban J connectivity index is 1.72. The largest absolute Gasteiger partial charge is 0.493 e. The van der Waals surface area contributed by atoms with Gasteiger partial charge in [0.2, 0.25) is 0 Å². The fraction of sp³-hybridized carbons (Fsp3) is 0.263. The molecule has 0 atom stereocenters. The second kappa shape index (κ2) is 7.98. The number of methoxy groups -OCH3 is 2. The van der Waals surface area contributed by atoms with Gasteiger partial charge < -0.3 is 14.8 Å². The van der Waals surface area contributed by atoms with Crippen LogP contribution < -0.4 is 14.8 Å².